The predicted molar refractivity (Wildman–Crippen MR) is 82.2 cm³/mol. The van der Waals surface area contributed by atoms with Crippen LogP contribution in [-0.2, 0) is 4.79 Å². The Balaban J connectivity index is 1.92. The van der Waals surface area contributed by atoms with Crippen molar-refractivity contribution < 1.29 is 19.4 Å². The summed E-state index contributed by atoms with van der Waals surface area (Å²) in [6.45, 7) is 0. The van der Waals surface area contributed by atoms with Crippen molar-refractivity contribution in [3.63, 3.8) is 0 Å². The standard InChI is InChI=1S/C16H14O4S/c17-15(10-21-11-16(18)19)12-6-8-14(9-7-12)20-13-4-2-1-3-5-13/h1-9H,10-11H2,(H,18,19). The van der Waals surface area contributed by atoms with Crippen LogP contribution in [0.1, 0.15) is 10.4 Å². The summed E-state index contributed by atoms with van der Waals surface area (Å²) in [5.41, 5.74) is 0.549. The SMILES string of the molecule is O=C(O)CSCC(=O)c1ccc(Oc2ccccc2)cc1. The monoisotopic (exact) mass is 302 g/mol. The van der Waals surface area contributed by atoms with Crippen molar-refractivity contribution in [3.05, 3.63) is 60.2 Å². The summed E-state index contributed by atoms with van der Waals surface area (Å²) in [5.74, 6) is 0.461. The lowest BCUT2D eigenvalue weighted by Crippen LogP contribution is -2.06. The first kappa shape index (κ1) is 15.1. The second-order valence-electron chi connectivity index (χ2n) is 4.25. The zero-order valence-electron chi connectivity index (χ0n) is 11.2. The molecule has 21 heavy (non-hydrogen) atoms. The zero-order valence-corrected chi connectivity index (χ0v) is 12.0. The van der Waals surface area contributed by atoms with Crippen LogP contribution in [-0.4, -0.2) is 28.4 Å². The van der Waals surface area contributed by atoms with Gasteiger partial charge in [0.05, 0.1) is 11.5 Å². The summed E-state index contributed by atoms with van der Waals surface area (Å²) >= 11 is 1.09. The Bertz CT molecular complexity index is 608. The summed E-state index contributed by atoms with van der Waals surface area (Å²) < 4.78 is 5.63. The Kier molecular flexibility index (Phi) is 5.40. The summed E-state index contributed by atoms with van der Waals surface area (Å²) in [6.07, 6.45) is 0. The molecular formula is C16H14O4S. The van der Waals surface area contributed by atoms with Crippen molar-refractivity contribution in [1.82, 2.24) is 0 Å². The molecule has 5 heteroatoms. The number of hydrogen-bond acceptors (Lipinski definition) is 4. The van der Waals surface area contributed by atoms with Crippen LogP contribution in [0.2, 0.25) is 0 Å². The van der Waals surface area contributed by atoms with E-state index in [1.54, 1.807) is 24.3 Å². The van der Waals surface area contributed by atoms with Gasteiger partial charge < -0.3 is 9.84 Å². The molecule has 108 valence electrons. The Morgan fingerprint density at radius 2 is 1.52 bits per heavy atom. The molecule has 1 N–H and O–H groups in total. The van der Waals surface area contributed by atoms with Gasteiger partial charge in [-0.2, -0.15) is 0 Å². The van der Waals surface area contributed by atoms with Crippen LogP contribution < -0.4 is 4.74 Å². The van der Waals surface area contributed by atoms with Gasteiger partial charge in [-0.1, -0.05) is 18.2 Å². The molecule has 4 nitrogen and oxygen atoms in total. The molecule has 0 atom stereocenters. The molecule has 2 rings (SSSR count). The van der Waals surface area contributed by atoms with Gasteiger partial charge in [-0.25, -0.2) is 0 Å². The number of thioether (sulfide) groups is 1. The predicted octanol–water partition coefficient (Wildman–Crippen LogP) is 3.48. The Morgan fingerprint density at radius 3 is 2.14 bits per heavy atom. The molecule has 0 aliphatic rings. The lowest BCUT2D eigenvalue weighted by Gasteiger charge is -2.06. The number of ether oxygens (including phenoxy) is 1. The molecule has 0 aliphatic heterocycles. The van der Waals surface area contributed by atoms with E-state index >= 15 is 0 Å². The molecule has 0 radical (unpaired) electrons. The highest BCUT2D eigenvalue weighted by molar-refractivity contribution is 8.00. The maximum atomic E-state index is 11.8. The second-order valence-corrected chi connectivity index (χ2v) is 5.23. The van der Waals surface area contributed by atoms with Gasteiger partial charge in [-0.15, -0.1) is 11.8 Å². The number of ketones is 1. The number of aliphatic carboxylic acids is 1. The maximum Gasteiger partial charge on any atom is 0.313 e. The fourth-order valence-corrected chi connectivity index (χ4v) is 2.28. The van der Waals surface area contributed by atoms with Crippen molar-refractivity contribution >= 4 is 23.5 Å². The number of carboxylic acid groups (broad SMARTS) is 1. The van der Waals surface area contributed by atoms with Crippen molar-refractivity contribution in [2.45, 2.75) is 0 Å². The van der Waals surface area contributed by atoms with Crippen molar-refractivity contribution in [2.24, 2.45) is 0 Å². The molecule has 0 saturated carbocycles. The van der Waals surface area contributed by atoms with E-state index in [0.717, 1.165) is 17.5 Å². The summed E-state index contributed by atoms with van der Waals surface area (Å²) in [4.78, 5) is 22.2. The van der Waals surface area contributed by atoms with Gasteiger partial charge in [0.2, 0.25) is 0 Å². The Labute approximate surface area is 126 Å². The van der Waals surface area contributed by atoms with Crippen molar-refractivity contribution in [1.29, 1.82) is 0 Å². The van der Waals surface area contributed by atoms with Gasteiger partial charge in [0.25, 0.3) is 0 Å². The molecule has 2 aromatic rings. The molecule has 0 bridgehead atoms. The van der Waals surface area contributed by atoms with Gasteiger partial charge in [0, 0.05) is 5.56 Å². The highest BCUT2D eigenvalue weighted by atomic mass is 32.2. The van der Waals surface area contributed by atoms with E-state index in [9.17, 15) is 9.59 Å². The van der Waals surface area contributed by atoms with E-state index in [1.165, 1.54) is 0 Å². The first-order valence-electron chi connectivity index (χ1n) is 6.31. The fourth-order valence-electron chi connectivity index (χ4n) is 1.65. The van der Waals surface area contributed by atoms with E-state index in [-0.39, 0.29) is 17.3 Å². The fraction of sp³-hybridized carbons (Fsp3) is 0.125. The molecule has 0 aliphatic carbocycles. The smallest absolute Gasteiger partial charge is 0.313 e. The average molecular weight is 302 g/mol. The highest BCUT2D eigenvalue weighted by Crippen LogP contribution is 2.21. The van der Waals surface area contributed by atoms with Gasteiger partial charge in [0.15, 0.2) is 5.78 Å². The topological polar surface area (TPSA) is 63.6 Å². The summed E-state index contributed by atoms with van der Waals surface area (Å²) in [5, 5.41) is 8.52. The molecule has 0 fully saturated rings. The molecular weight excluding hydrogens is 288 g/mol. The van der Waals surface area contributed by atoms with E-state index in [1.807, 2.05) is 30.3 Å². The highest BCUT2D eigenvalue weighted by Gasteiger charge is 2.08. The first-order chi connectivity index (χ1) is 10.1. The van der Waals surface area contributed by atoms with Crippen LogP contribution >= 0.6 is 11.8 Å². The van der Waals surface area contributed by atoms with E-state index in [2.05, 4.69) is 0 Å². The van der Waals surface area contributed by atoms with Crippen LogP contribution in [0.25, 0.3) is 0 Å². The zero-order chi connectivity index (χ0) is 15.1. The molecule has 0 amide bonds. The molecule has 0 aromatic heterocycles. The maximum absolute atomic E-state index is 11.8. The van der Waals surface area contributed by atoms with Gasteiger partial charge >= 0.3 is 5.97 Å². The largest absolute Gasteiger partial charge is 0.481 e. The van der Waals surface area contributed by atoms with Crippen LogP contribution in [0.4, 0.5) is 0 Å². The van der Waals surface area contributed by atoms with Crippen molar-refractivity contribution in [3.8, 4) is 11.5 Å². The number of carbonyl (C=O) groups excluding carboxylic acids is 1. The minimum atomic E-state index is -0.917. The Morgan fingerprint density at radius 1 is 0.905 bits per heavy atom. The second kappa shape index (κ2) is 7.50. The number of benzene rings is 2. The third kappa shape index (κ3) is 4.96. The molecule has 0 unspecified atom stereocenters. The van der Waals surface area contributed by atoms with Crippen LogP contribution in [0.15, 0.2) is 54.6 Å². The van der Waals surface area contributed by atoms with Crippen LogP contribution in [0.5, 0.6) is 11.5 Å². The molecule has 0 heterocycles. The van der Waals surface area contributed by atoms with E-state index < -0.39 is 5.97 Å². The number of rotatable bonds is 7. The third-order valence-electron chi connectivity index (χ3n) is 2.61. The van der Waals surface area contributed by atoms with Crippen LogP contribution in [0, 0.1) is 0 Å². The number of para-hydroxylation sites is 1. The number of carbonyl (C=O) groups is 2. The summed E-state index contributed by atoms with van der Waals surface area (Å²) in [6, 6.07) is 16.2. The van der Waals surface area contributed by atoms with Gasteiger partial charge in [0.1, 0.15) is 11.5 Å². The van der Waals surface area contributed by atoms with Crippen LogP contribution in [0.3, 0.4) is 0 Å². The van der Waals surface area contributed by atoms with Crippen molar-refractivity contribution in [2.75, 3.05) is 11.5 Å². The first-order valence-corrected chi connectivity index (χ1v) is 7.46. The third-order valence-corrected chi connectivity index (χ3v) is 3.53. The molecule has 0 spiro atoms. The normalized spacial score (nSPS) is 10.1. The quantitative estimate of drug-likeness (QED) is 0.793. The average Bonchev–Trinajstić information content (AvgIpc) is 2.48. The minimum Gasteiger partial charge on any atom is -0.481 e. The minimum absolute atomic E-state index is 0.0685. The lowest BCUT2D eigenvalue weighted by molar-refractivity contribution is -0.133. The number of carboxylic acids is 1. The van der Waals surface area contributed by atoms with E-state index in [0.29, 0.717) is 11.3 Å². The van der Waals surface area contributed by atoms with Gasteiger partial charge in [-0.3, -0.25) is 9.59 Å². The number of Topliss-reactive ketones (excluding diaryl/α,β-unsaturated/α-hetero) is 1. The number of hydrogen-bond donors (Lipinski definition) is 1. The van der Waals surface area contributed by atoms with Gasteiger partial charge in [-0.05, 0) is 36.4 Å². The Hall–Kier alpha value is -2.27. The molecule has 0 saturated heterocycles. The lowest BCUT2D eigenvalue weighted by atomic mass is 10.1. The van der Waals surface area contributed by atoms with E-state index in [4.69, 9.17) is 9.84 Å². The molecule has 2 aromatic carbocycles. The summed E-state index contributed by atoms with van der Waals surface area (Å²) in [7, 11) is 0.